The van der Waals surface area contributed by atoms with Crippen LogP contribution in [-0.2, 0) is 9.59 Å². The van der Waals surface area contributed by atoms with Gasteiger partial charge in [0, 0.05) is 24.2 Å². The molecule has 1 aliphatic heterocycles. The zero-order valence-corrected chi connectivity index (χ0v) is 17.3. The Hall–Kier alpha value is -2.84. The number of nitrogens with zero attached hydrogens (tertiary/aromatic N) is 2. The minimum atomic E-state index is -1.07. The number of carbonyl (C=O) groups excluding carboxylic acids is 2. The average molecular weight is 432 g/mol. The number of amidine groups is 1. The van der Waals surface area contributed by atoms with Crippen molar-refractivity contribution in [1.29, 1.82) is 0 Å². The van der Waals surface area contributed by atoms with E-state index >= 15 is 0 Å². The van der Waals surface area contributed by atoms with Crippen LogP contribution in [0.5, 0.6) is 0 Å². The molecule has 1 aliphatic rings. The molecule has 1 heterocycles. The van der Waals surface area contributed by atoms with Gasteiger partial charge in [-0.15, -0.1) is 0 Å². The Morgan fingerprint density at radius 2 is 1.93 bits per heavy atom. The molecule has 0 aliphatic carbocycles. The van der Waals surface area contributed by atoms with E-state index < -0.39 is 11.2 Å². The highest BCUT2D eigenvalue weighted by molar-refractivity contribution is 8.15. The zero-order chi connectivity index (χ0) is 21.1. The fraction of sp³-hybridized carbons (Fsp3) is 0.200. The molecule has 9 heteroatoms. The second-order valence-electron chi connectivity index (χ2n) is 6.35. The number of thioether (sulfide) groups is 1. The van der Waals surface area contributed by atoms with Gasteiger partial charge in [0.1, 0.15) is 5.25 Å². The van der Waals surface area contributed by atoms with Gasteiger partial charge in [-0.3, -0.25) is 14.6 Å². The van der Waals surface area contributed by atoms with Crippen LogP contribution in [0.15, 0.2) is 47.5 Å². The maximum atomic E-state index is 12.8. The molecule has 3 rings (SSSR count). The van der Waals surface area contributed by atoms with Crippen molar-refractivity contribution in [2.75, 3.05) is 17.3 Å². The van der Waals surface area contributed by atoms with Gasteiger partial charge in [-0.2, -0.15) is 0 Å². The van der Waals surface area contributed by atoms with Crippen LogP contribution in [0.25, 0.3) is 0 Å². The normalized spacial score (nSPS) is 17.0. The molecule has 2 aromatic rings. The van der Waals surface area contributed by atoms with Crippen LogP contribution in [0, 0.1) is 6.92 Å². The van der Waals surface area contributed by atoms with Gasteiger partial charge < -0.3 is 10.4 Å². The molecule has 0 spiro atoms. The Balaban J connectivity index is 1.72. The van der Waals surface area contributed by atoms with E-state index in [-0.39, 0.29) is 23.8 Å². The molecule has 1 saturated heterocycles. The number of aromatic carboxylic acids is 1. The summed E-state index contributed by atoms with van der Waals surface area (Å²) in [6.45, 7) is 1.90. The molecule has 0 aromatic heterocycles. The van der Waals surface area contributed by atoms with Crippen molar-refractivity contribution in [2.24, 2.45) is 4.99 Å². The van der Waals surface area contributed by atoms with E-state index in [0.29, 0.717) is 15.9 Å². The monoisotopic (exact) mass is 431 g/mol. The van der Waals surface area contributed by atoms with Crippen molar-refractivity contribution in [1.82, 2.24) is 0 Å². The summed E-state index contributed by atoms with van der Waals surface area (Å²) in [4.78, 5) is 41.5. The third kappa shape index (κ3) is 4.60. The van der Waals surface area contributed by atoms with E-state index in [4.69, 9.17) is 16.7 Å². The zero-order valence-electron chi connectivity index (χ0n) is 15.7. The number of amides is 2. The van der Waals surface area contributed by atoms with Crippen LogP contribution < -0.4 is 10.2 Å². The summed E-state index contributed by atoms with van der Waals surface area (Å²) in [7, 11) is 1.59. The SMILES string of the molecule is CN=C(Nc1ccc(C)c(Cl)c1)S[C@@H]1CC(=O)N(c2ccc(C(=O)O)cc2)C1=O. The van der Waals surface area contributed by atoms with Crippen molar-refractivity contribution in [3.63, 3.8) is 0 Å². The number of carbonyl (C=O) groups is 3. The Bertz CT molecular complexity index is 1010. The fourth-order valence-electron chi connectivity index (χ4n) is 2.79. The number of hydrogen-bond acceptors (Lipinski definition) is 5. The van der Waals surface area contributed by atoms with Crippen LogP contribution in [0.2, 0.25) is 5.02 Å². The quantitative estimate of drug-likeness (QED) is 0.434. The van der Waals surface area contributed by atoms with Gasteiger partial charge >= 0.3 is 5.97 Å². The summed E-state index contributed by atoms with van der Waals surface area (Å²) in [5, 5.41) is 12.6. The van der Waals surface area contributed by atoms with E-state index in [1.807, 2.05) is 19.1 Å². The highest BCUT2D eigenvalue weighted by Gasteiger charge is 2.40. The summed E-state index contributed by atoms with van der Waals surface area (Å²) in [6, 6.07) is 11.1. The first-order chi connectivity index (χ1) is 13.8. The molecule has 0 radical (unpaired) electrons. The first-order valence-corrected chi connectivity index (χ1v) is 9.92. The molecular formula is C20H18ClN3O4S. The lowest BCUT2D eigenvalue weighted by Gasteiger charge is -2.16. The molecule has 1 fully saturated rings. The highest BCUT2D eigenvalue weighted by Crippen LogP contribution is 2.31. The molecule has 29 heavy (non-hydrogen) atoms. The van der Waals surface area contributed by atoms with Gasteiger partial charge in [0.05, 0.1) is 11.3 Å². The van der Waals surface area contributed by atoms with Gasteiger partial charge in [0.15, 0.2) is 5.17 Å². The second-order valence-corrected chi connectivity index (χ2v) is 7.95. The molecule has 0 unspecified atom stereocenters. The average Bonchev–Trinajstić information content (AvgIpc) is 2.97. The Morgan fingerprint density at radius 3 is 2.52 bits per heavy atom. The van der Waals surface area contributed by atoms with Crippen LogP contribution >= 0.6 is 23.4 Å². The van der Waals surface area contributed by atoms with Gasteiger partial charge in [-0.05, 0) is 48.9 Å². The number of carboxylic acid groups (broad SMARTS) is 1. The molecule has 0 saturated carbocycles. The van der Waals surface area contributed by atoms with Gasteiger partial charge in [0.2, 0.25) is 11.8 Å². The summed E-state index contributed by atoms with van der Waals surface area (Å²) >= 11 is 7.31. The van der Waals surface area contributed by atoms with Crippen molar-refractivity contribution < 1.29 is 19.5 Å². The molecule has 2 N–H and O–H groups in total. The number of aliphatic imine (C=N–C) groups is 1. The van der Waals surface area contributed by atoms with Crippen molar-refractivity contribution in [2.45, 2.75) is 18.6 Å². The van der Waals surface area contributed by atoms with Crippen molar-refractivity contribution >= 4 is 57.7 Å². The van der Waals surface area contributed by atoms with E-state index in [2.05, 4.69) is 10.3 Å². The number of anilines is 2. The van der Waals surface area contributed by atoms with E-state index in [9.17, 15) is 14.4 Å². The first kappa shape index (κ1) is 20.9. The van der Waals surface area contributed by atoms with Gasteiger partial charge in [-0.1, -0.05) is 29.4 Å². The lowest BCUT2D eigenvalue weighted by molar-refractivity contribution is -0.121. The van der Waals surface area contributed by atoms with E-state index in [0.717, 1.165) is 16.2 Å². The van der Waals surface area contributed by atoms with Crippen LogP contribution in [0.4, 0.5) is 11.4 Å². The molecule has 0 bridgehead atoms. The number of imide groups is 1. The molecule has 7 nitrogen and oxygen atoms in total. The predicted molar refractivity (Wildman–Crippen MR) is 115 cm³/mol. The van der Waals surface area contributed by atoms with Crippen LogP contribution in [0.1, 0.15) is 22.3 Å². The Labute approximate surface area is 176 Å². The molecule has 2 aromatic carbocycles. The molecule has 150 valence electrons. The van der Waals surface area contributed by atoms with Crippen LogP contribution in [0.3, 0.4) is 0 Å². The van der Waals surface area contributed by atoms with E-state index in [1.54, 1.807) is 13.1 Å². The number of carboxylic acids is 1. The predicted octanol–water partition coefficient (Wildman–Crippen LogP) is 3.81. The number of nitrogens with one attached hydrogen (secondary N) is 1. The fourth-order valence-corrected chi connectivity index (χ4v) is 3.95. The van der Waals surface area contributed by atoms with E-state index in [1.165, 1.54) is 36.0 Å². The summed E-state index contributed by atoms with van der Waals surface area (Å²) in [5.74, 6) is -1.78. The maximum absolute atomic E-state index is 12.8. The smallest absolute Gasteiger partial charge is 0.335 e. The molecule has 2 amide bonds. The minimum Gasteiger partial charge on any atom is -0.478 e. The maximum Gasteiger partial charge on any atom is 0.335 e. The van der Waals surface area contributed by atoms with Crippen LogP contribution in [-0.4, -0.2) is 40.4 Å². The first-order valence-electron chi connectivity index (χ1n) is 8.67. The largest absolute Gasteiger partial charge is 0.478 e. The van der Waals surface area contributed by atoms with Crippen molar-refractivity contribution in [3.8, 4) is 0 Å². The topological polar surface area (TPSA) is 99.1 Å². The summed E-state index contributed by atoms with van der Waals surface area (Å²) < 4.78 is 0. The summed E-state index contributed by atoms with van der Waals surface area (Å²) in [6.07, 6.45) is 0.0273. The van der Waals surface area contributed by atoms with Gasteiger partial charge in [0.25, 0.3) is 0 Å². The third-order valence-electron chi connectivity index (χ3n) is 4.36. The number of rotatable bonds is 4. The van der Waals surface area contributed by atoms with Crippen molar-refractivity contribution in [3.05, 3.63) is 58.6 Å². The highest BCUT2D eigenvalue weighted by atomic mass is 35.5. The second kappa shape index (κ2) is 8.67. The standard InChI is InChI=1S/C20H18ClN3O4S/c1-11-3-6-13(9-15(11)21)23-20(22-2)29-16-10-17(25)24(18(16)26)14-7-4-12(5-8-14)19(27)28/h3-9,16H,10H2,1-2H3,(H,22,23)(H,27,28)/t16-/m1/s1. The Kier molecular flexibility index (Phi) is 6.24. The van der Waals surface area contributed by atoms with Gasteiger partial charge in [-0.25, -0.2) is 9.69 Å². The number of hydrogen-bond donors (Lipinski definition) is 2. The number of aryl methyl sites for hydroxylation is 1. The number of halogens is 1. The third-order valence-corrected chi connectivity index (χ3v) is 5.93. The summed E-state index contributed by atoms with van der Waals surface area (Å²) in [5.41, 5.74) is 2.11. The Morgan fingerprint density at radius 1 is 1.24 bits per heavy atom. The number of benzene rings is 2. The molecular weight excluding hydrogens is 414 g/mol. The lowest BCUT2D eigenvalue weighted by Crippen LogP contribution is -2.31. The lowest BCUT2D eigenvalue weighted by atomic mass is 10.2. The minimum absolute atomic E-state index is 0.0273. The molecule has 1 atom stereocenters.